The Morgan fingerprint density at radius 3 is 2.33 bits per heavy atom. The molecule has 1 aromatic heterocycles. The van der Waals surface area contributed by atoms with Gasteiger partial charge in [-0.1, -0.05) is 47.1 Å². The predicted molar refractivity (Wildman–Crippen MR) is 143 cm³/mol. The Hall–Kier alpha value is -4.56. The van der Waals surface area contributed by atoms with Crippen LogP contribution < -0.4 is 5.32 Å². The molecule has 0 radical (unpaired) electrons. The molecule has 0 saturated carbocycles. The number of nitrogens with one attached hydrogen (secondary N) is 1. The van der Waals surface area contributed by atoms with E-state index in [4.69, 9.17) is 21.2 Å². The Morgan fingerprint density at radius 2 is 1.67 bits per heavy atom. The lowest BCUT2D eigenvalue weighted by Gasteiger charge is -2.16. The molecule has 0 saturated heterocycles. The van der Waals surface area contributed by atoms with Crippen molar-refractivity contribution in [1.82, 2.24) is 10.5 Å². The number of nitrogens with zero attached hydrogens (tertiary/aromatic N) is 1. The predicted octanol–water partition coefficient (Wildman–Crippen LogP) is 7.21. The molecule has 0 aliphatic carbocycles. The van der Waals surface area contributed by atoms with E-state index in [0.29, 0.717) is 44.8 Å². The van der Waals surface area contributed by atoms with E-state index >= 15 is 0 Å². The zero-order valence-corrected chi connectivity index (χ0v) is 21.3. The average Bonchev–Trinajstić information content (AvgIpc) is 3.33. The van der Waals surface area contributed by atoms with Crippen LogP contribution in [-0.4, -0.2) is 22.1 Å². The Kier molecular flexibility index (Phi) is 7.13. The highest BCUT2D eigenvalue weighted by molar-refractivity contribution is 6.30. The minimum atomic E-state index is -1.05. The van der Waals surface area contributed by atoms with Crippen LogP contribution in [0.3, 0.4) is 0 Å². The molecule has 0 unspecified atom stereocenters. The van der Waals surface area contributed by atoms with E-state index in [2.05, 4.69) is 10.5 Å². The van der Waals surface area contributed by atoms with Gasteiger partial charge < -0.3 is 14.9 Å². The van der Waals surface area contributed by atoms with Crippen molar-refractivity contribution in [3.63, 3.8) is 0 Å². The summed E-state index contributed by atoms with van der Waals surface area (Å²) in [5.41, 5.74) is 3.17. The third-order valence-electron chi connectivity index (χ3n) is 6.43. The molecule has 0 spiro atoms. The van der Waals surface area contributed by atoms with E-state index in [1.165, 1.54) is 18.2 Å². The molecule has 1 amide bonds. The van der Waals surface area contributed by atoms with Crippen LogP contribution in [0.4, 0.5) is 8.78 Å². The molecule has 9 heteroatoms. The van der Waals surface area contributed by atoms with E-state index in [-0.39, 0.29) is 11.1 Å². The number of hydrogen-bond acceptors (Lipinski definition) is 4. The molecule has 2 N–H and O–H groups in total. The zero-order chi connectivity index (χ0) is 27.7. The van der Waals surface area contributed by atoms with Gasteiger partial charge in [-0.05, 0) is 77.7 Å². The van der Waals surface area contributed by atoms with Crippen molar-refractivity contribution in [3.8, 4) is 11.1 Å². The van der Waals surface area contributed by atoms with Crippen molar-refractivity contribution in [2.45, 2.75) is 19.4 Å². The molecule has 5 rings (SSSR count). The standard InChI is InChI=1S/C30H21ClF2N2O4/c1-16(18-4-6-19(7-5-18)30(37)38)34-29(36)23-13-21(20-8-11-24(32)25(33)14-20)15-26-28(23)27(39-35-26)12-17-2-9-22(31)10-3-17/h2-11,13-16H,12H2,1H3,(H,34,36)(H,37,38)/t16-/m0/s1. The van der Waals surface area contributed by atoms with Crippen LogP contribution in [0, 0.1) is 11.6 Å². The molecular formula is C30H21ClF2N2O4. The third-order valence-corrected chi connectivity index (χ3v) is 6.68. The summed E-state index contributed by atoms with van der Waals surface area (Å²) in [5, 5.41) is 17.3. The van der Waals surface area contributed by atoms with Crippen molar-refractivity contribution in [2.24, 2.45) is 0 Å². The first kappa shape index (κ1) is 26.1. The van der Waals surface area contributed by atoms with E-state index in [1.807, 2.05) is 12.1 Å². The Morgan fingerprint density at radius 1 is 0.949 bits per heavy atom. The fourth-order valence-electron chi connectivity index (χ4n) is 4.34. The summed E-state index contributed by atoms with van der Waals surface area (Å²) in [6.07, 6.45) is 0.338. The molecule has 0 aliphatic heterocycles. The molecule has 6 nitrogen and oxygen atoms in total. The molecule has 1 heterocycles. The third kappa shape index (κ3) is 5.51. The number of halogens is 3. The number of amides is 1. The Bertz CT molecular complexity index is 1700. The molecular weight excluding hydrogens is 526 g/mol. The number of rotatable bonds is 7. The van der Waals surface area contributed by atoms with Crippen LogP contribution in [0.5, 0.6) is 0 Å². The number of carbonyl (C=O) groups excluding carboxylic acids is 1. The number of aromatic carboxylic acids is 1. The SMILES string of the molecule is C[C@H](NC(=O)c1cc(-c2ccc(F)c(F)c2)cc2noc(Cc3ccc(Cl)cc3)c12)c1ccc(C(=O)O)cc1. The molecule has 0 bridgehead atoms. The average molecular weight is 547 g/mol. The minimum absolute atomic E-state index is 0.134. The highest BCUT2D eigenvalue weighted by atomic mass is 35.5. The van der Waals surface area contributed by atoms with Gasteiger partial charge in [0, 0.05) is 11.4 Å². The van der Waals surface area contributed by atoms with E-state index in [1.54, 1.807) is 43.3 Å². The van der Waals surface area contributed by atoms with Crippen LogP contribution in [-0.2, 0) is 6.42 Å². The summed E-state index contributed by atoms with van der Waals surface area (Å²) in [6.45, 7) is 1.77. The van der Waals surface area contributed by atoms with E-state index in [0.717, 1.165) is 17.7 Å². The first-order valence-electron chi connectivity index (χ1n) is 12.0. The Labute approximate surface area is 226 Å². The number of hydrogen-bond donors (Lipinski definition) is 2. The highest BCUT2D eigenvalue weighted by Crippen LogP contribution is 2.32. The van der Waals surface area contributed by atoms with Crippen molar-refractivity contribution in [1.29, 1.82) is 0 Å². The highest BCUT2D eigenvalue weighted by Gasteiger charge is 2.22. The summed E-state index contributed by atoms with van der Waals surface area (Å²) >= 11 is 6.01. The van der Waals surface area contributed by atoms with Crippen LogP contribution in [0.2, 0.25) is 5.02 Å². The normalized spacial score (nSPS) is 11.9. The Balaban J connectivity index is 1.56. The van der Waals surface area contributed by atoms with Crippen LogP contribution in [0.25, 0.3) is 22.0 Å². The van der Waals surface area contributed by atoms with Gasteiger partial charge in [0.2, 0.25) is 0 Å². The fraction of sp³-hybridized carbons (Fsp3) is 0.100. The van der Waals surface area contributed by atoms with Crippen LogP contribution in [0.1, 0.15) is 50.6 Å². The van der Waals surface area contributed by atoms with Gasteiger partial charge in [0.15, 0.2) is 11.6 Å². The molecule has 39 heavy (non-hydrogen) atoms. The molecule has 0 aliphatic rings. The van der Waals surface area contributed by atoms with Gasteiger partial charge in [0.25, 0.3) is 5.91 Å². The van der Waals surface area contributed by atoms with Gasteiger partial charge in [-0.25, -0.2) is 13.6 Å². The molecule has 0 fully saturated rings. The molecule has 196 valence electrons. The summed E-state index contributed by atoms with van der Waals surface area (Å²) in [4.78, 5) is 24.8. The maximum Gasteiger partial charge on any atom is 0.335 e. The number of benzene rings is 4. The summed E-state index contributed by atoms with van der Waals surface area (Å²) in [7, 11) is 0. The zero-order valence-electron chi connectivity index (χ0n) is 20.5. The summed E-state index contributed by atoms with van der Waals surface area (Å²) in [5.74, 6) is -3.03. The second-order valence-electron chi connectivity index (χ2n) is 9.08. The van der Waals surface area contributed by atoms with Gasteiger partial charge in [-0.3, -0.25) is 4.79 Å². The largest absolute Gasteiger partial charge is 0.478 e. The summed E-state index contributed by atoms with van der Waals surface area (Å²) < 4.78 is 33.2. The van der Waals surface area contributed by atoms with Crippen molar-refractivity contribution >= 4 is 34.4 Å². The lowest BCUT2D eigenvalue weighted by atomic mass is 9.96. The van der Waals surface area contributed by atoms with Gasteiger partial charge >= 0.3 is 5.97 Å². The number of carboxylic acids is 1. The van der Waals surface area contributed by atoms with Crippen LogP contribution in [0.15, 0.2) is 83.4 Å². The van der Waals surface area contributed by atoms with E-state index in [9.17, 15) is 18.4 Å². The maximum absolute atomic E-state index is 14.0. The topological polar surface area (TPSA) is 92.4 Å². The quantitative estimate of drug-likeness (QED) is 0.225. The fourth-order valence-corrected chi connectivity index (χ4v) is 4.47. The minimum Gasteiger partial charge on any atom is -0.478 e. The van der Waals surface area contributed by atoms with Gasteiger partial charge in [0.1, 0.15) is 11.3 Å². The smallest absolute Gasteiger partial charge is 0.335 e. The first-order chi connectivity index (χ1) is 18.7. The number of carbonyl (C=O) groups is 2. The van der Waals surface area contributed by atoms with Gasteiger partial charge in [-0.15, -0.1) is 0 Å². The van der Waals surface area contributed by atoms with Crippen LogP contribution >= 0.6 is 11.6 Å². The molecule has 4 aromatic carbocycles. The monoisotopic (exact) mass is 546 g/mol. The lowest BCUT2D eigenvalue weighted by molar-refractivity contribution is 0.0696. The number of aromatic nitrogens is 1. The second kappa shape index (κ2) is 10.7. The van der Waals surface area contributed by atoms with Gasteiger partial charge in [0.05, 0.1) is 22.6 Å². The van der Waals surface area contributed by atoms with Crippen molar-refractivity contribution < 1.29 is 28.0 Å². The second-order valence-corrected chi connectivity index (χ2v) is 9.51. The lowest BCUT2D eigenvalue weighted by Crippen LogP contribution is -2.27. The van der Waals surface area contributed by atoms with Crippen molar-refractivity contribution in [2.75, 3.05) is 0 Å². The summed E-state index contributed by atoms with van der Waals surface area (Å²) in [6, 6.07) is 19.6. The number of fused-ring (bicyclic) bond motifs is 1. The van der Waals surface area contributed by atoms with E-state index < -0.39 is 29.6 Å². The van der Waals surface area contributed by atoms with Gasteiger partial charge in [-0.2, -0.15) is 0 Å². The maximum atomic E-state index is 14.0. The number of carboxylic acid groups (broad SMARTS) is 1. The van der Waals surface area contributed by atoms with Crippen molar-refractivity contribution in [3.05, 3.63) is 124 Å². The molecule has 1 atom stereocenters. The first-order valence-corrected chi connectivity index (χ1v) is 12.3. The molecule has 5 aromatic rings.